The monoisotopic (exact) mass is 378 g/mol. The number of imide groups is 1. The molecule has 0 aromatic heterocycles. The Labute approximate surface area is 153 Å². The molecule has 0 bridgehead atoms. The van der Waals surface area contributed by atoms with Gasteiger partial charge in [-0.05, 0) is 36.4 Å². The number of amides is 2. The summed E-state index contributed by atoms with van der Waals surface area (Å²) in [6.07, 6.45) is -0.0393. The van der Waals surface area contributed by atoms with Crippen LogP contribution in [0.5, 0.6) is 0 Å². The molecule has 0 spiro atoms. The summed E-state index contributed by atoms with van der Waals surface area (Å²) in [5, 5.41) is 12.2. The first-order valence-corrected chi connectivity index (χ1v) is 8.05. The Kier molecular flexibility index (Phi) is 4.65. The lowest BCUT2D eigenvalue weighted by Gasteiger charge is -2.17. The zero-order valence-electron chi connectivity index (χ0n) is 12.7. The van der Waals surface area contributed by atoms with Gasteiger partial charge in [-0.2, -0.15) is 0 Å². The van der Waals surface area contributed by atoms with Gasteiger partial charge in [0.2, 0.25) is 5.91 Å². The van der Waals surface area contributed by atoms with E-state index in [2.05, 4.69) is 5.32 Å². The average molecular weight is 379 g/mol. The molecule has 1 saturated heterocycles. The number of aromatic carboxylic acids is 1. The number of carbonyl (C=O) groups is 3. The molecule has 1 heterocycles. The molecule has 0 aliphatic carbocycles. The lowest BCUT2D eigenvalue weighted by Crippen LogP contribution is -2.35. The van der Waals surface area contributed by atoms with Crippen LogP contribution in [0.2, 0.25) is 10.0 Å². The lowest BCUT2D eigenvalue weighted by atomic mass is 10.2. The van der Waals surface area contributed by atoms with E-state index >= 15 is 0 Å². The van der Waals surface area contributed by atoms with Crippen LogP contribution in [0.1, 0.15) is 16.8 Å². The Balaban J connectivity index is 1.81. The molecule has 3 rings (SSSR count). The van der Waals surface area contributed by atoms with Gasteiger partial charge in [0.1, 0.15) is 6.04 Å². The van der Waals surface area contributed by atoms with E-state index in [9.17, 15) is 14.4 Å². The van der Waals surface area contributed by atoms with Crippen molar-refractivity contribution in [2.45, 2.75) is 12.5 Å². The molecule has 2 amide bonds. The molecule has 0 unspecified atom stereocenters. The van der Waals surface area contributed by atoms with Gasteiger partial charge in [-0.15, -0.1) is 0 Å². The molecule has 0 saturated carbocycles. The van der Waals surface area contributed by atoms with E-state index in [0.29, 0.717) is 5.69 Å². The van der Waals surface area contributed by atoms with Crippen molar-refractivity contribution < 1.29 is 19.5 Å². The molecule has 2 N–H and O–H groups in total. The second-order valence-electron chi connectivity index (χ2n) is 5.42. The van der Waals surface area contributed by atoms with Gasteiger partial charge in [-0.25, -0.2) is 9.69 Å². The first-order valence-electron chi connectivity index (χ1n) is 7.29. The third-order valence-corrected chi connectivity index (χ3v) is 4.60. The predicted octanol–water partition coefficient (Wildman–Crippen LogP) is 3.44. The SMILES string of the molecule is O=C(O)c1ccc(N[C@@H]2CC(=O)N(c3cccc(Cl)c3Cl)C2=O)cc1. The van der Waals surface area contributed by atoms with Crippen LogP contribution in [-0.4, -0.2) is 28.9 Å². The first kappa shape index (κ1) is 17.3. The summed E-state index contributed by atoms with van der Waals surface area (Å²) in [6.45, 7) is 0. The molecule has 1 fully saturated rings. The minimum Gasteiger partial charge on any atom is -0.478 e. The molecule has 2 aromatic carbocycles. The Morgan fingerprint density at radius 3 is 2.44 bits per heavy atom. The van der Waals surface area contributed by atoms with Gasteiger partial charge in [0.05, 0.1) is 27.7 Å². The number of nitrogens with one attached hydrogen (secondary N) is 1. The van der Waals surface area contributed by atoms with Crippen LogP contribution in [-0.2, 0) is 9.59 Å². The summed E-state index contributed by atoms with van der Waals surface area (Å²) < 4.78 is 0. The van der Waals surface area contributed by atoms with Crippen molar-refractivity contribution in [3.8, 4) is 0 Å². The van der Waals surface area contributed by atoms with Crippen LogP contribution in [0, 0.1) is 0 Å². The fourth-order valence-electron chi connectivity index (χ4n) is 2.57. The number of benzene rings is 2. The molecule has 6 nitrogen and oxygen atoms in total. The van der Waals surface area contributed by atoms with Crippen LogP contribution in [0.4, 0.5) is 11.4 Å². The topological polar surface area (TPSA) is 86.7 Å². The zero-order valence-corrected chi connectivity index (χ0v) is 14.2. The maximum atomic E-state index is 12.6. The van der Waals surface area contributed by atoms with Gasteiger partial charge in [0, 0.05) is 5.69 Å². The van der Waals surface area contributed by atoms with E-state index < -0.39 is 23.8 Å². The molecule has 128 valence electrons. The Morgan fingerprint density at radius 1 is 1.12 bits per heavy atom. The molecule has 2 aromatic rings. The summed E-state index contributed by atoms with van der Waals surface area (Å²) >= 11 is 12.1. The quantitative estimate of drug-likeness (QED) is 0.795. The molecule has 1 aliphatic heterocycles. The highest BCUT2D eigenvalue weighted by atomic mass is 35.5. The highest BCUT2D eigenvalue weighted by Crippen LogP contribution is 2.35. The number of hydrogen-bond donors (Lipinski definition) is 2. The van der Waals surface area contributed by atoms with E-state index in [0.717, 1.165) is 4.90 Å². The van der Waals surface area contributed by atoms with E-state index in [4.69, 9.17) is 28.3 Å². The second kappa shape index (κ2) is 6.74. The van der Waals surface area contributed by atoms with Gasteiger partial charge >= 0.3 is 5.97 Å². The van der Waals surface area contributed by atoms with Gasteiger partial charge in [0.15, 0.2) is 0 Å². The van der Waals surface area contributed by atoms with Gasteiger partial charge in [-0.3, -0.25) is 9.59 Å². The van der Waals surface area contributed by atoms with Crippen molar-refractivity contribution >= 4 is 52.4 Å². The molecular weight excluding hydrogens is 367 g/mol. The fourth-order valence-corrected chi connectivity index (χ4v) is 2.95. The fraction of sp³-hybridized carbons (Fsp3) is 0.118. The highest BCUT2D eigenvalue weighted by molar-refractivity contribution is 6.45. The van der Waals surface area contributed by atoms with Crippen LogP contribution >= 0.6 is 23.2 Å². The molecule has 25 heavy (non-hydrogen) atoms. The standard InChI is InChI=1S/C17H12Cl2N2O4/c18-11-2-1-3-13(15(11)19)21-14(22)8-12(16(21)23)20-10-6-4-9(5-7-10)17(24)25/h1-7,12,20H,8H2,(H,24,25)/t12-/m1/s1. The van der Waals surface area contributed by atoms with Crippen molar-refractivity contribution in [2.75, 3.05) is 10.2 Å². The summed E-state index contributed by atoms with van der Waals surface area (Å²) in [5.41, 5.74) is 0.914. The van der Waals surface area contributed by atoms with E-state index in [1.165, 1.54) is 24.3 Å². The van der Waals surface area contributed by atoms with Crippen LogP contribution in [0.25, 0.3) is 0 Å². The Bertz CT molecular complexity index is 867. The minimum atomic E-state index is -1.04. The maximum absolute atomic E-state index is 12.6. The maximum Gasteiger partial charge on any atom is 0.335 e. The summed E-state index contributed by atoms with van der Waals surface area (Å²) in [5.74, 6) is -1.88. The van der Waals surface area contributed by atoms with Gasteiger partial charge < -0.3 is 10.4 Å². The summed E-state index contributed by atoms with van der Waals surface area (Å²) in [7, 11) is 0. The number of anilines is 2. The largest absolute Gasteiger partial charge is 0.478 e. The zero-order chi connectivity index (χ0) is 18.1. The molecular formula is C17H12Cl2N2O4. The molecule has 8 heteroatoms. The van der Waals surface area contributed by atoms with Gasteiger partial charge in [0.25, 0.3) is 5.91 Å². The number of halogens is 2. The lowest BCUT2D eigenvalue weighted by molar-refractivity contribution is -0.121. The Morgan fingerprint density at radius 2 is 1.80 bits per heavy atom. The third-order valence-electron chi connectivity index (χ3n) is 3.79. The van der Waals surface area contributed by atoms with Crippen LogP contribution in [0.3, 0.4) is 0 Å². The van der Waals surface area contributed by atoms with Crippen LogP contribution in [0.15, 0.2) is 42.5 Å². The average Bonchev–Trinajstić information content (AvgIpc) is 2.85. The van der Waals surface area contributed by atoms with E-state index in [-0.39, 0.29) is 27.7 Å². The van der Waals surface area contributed by atoms with Gasteiger partial charge in [-0.1, -0.05) is 29.3 Å². The van der Waals surface area contributed by atoms with E-state index in [1.54, 1.807) is 18.2 Å². The molecule has 1 aliphatic rings. The third kappa shape index (κ3) is 3.31. The number of carboxylic acid groups (broad SMARTS) is 1. The van der Waals surface area contributed by atoms with Crippen molar-refractivity contribution in [3.05, 3.63) is 58.1 Å². The predicted molar refractivity (Wildman–Crippen MR) is 94.4 cm³/mol. The normalized spacial score (nSPS) is 17.0. The summed E-state index contributed by atoms with van der Waals surface area (Å²) in [6, 6.07) is 9.86. The second-order valence-corrected chi connectivity index (χ2v) is 6.21. The minimum absolute atomic E-state index is 0.0393. The van der Waals surface area contributed by atoms with Crippen molar-refractivity contribution in [3.63, 3.8) is 0 Å². The van der Waals surface area contributed by atoms with Crippen LogP contribution < -0.4 is 10.2 Å². The number of carbonyl (C=O) groups excluding carboxylic acids is 2. The first-order chi connectivity index (χ1) is 11.9. The highest BCUT2D eigenvalue weighted by Gasteiger charge is 2.40. The van der Waals surface area contributed by atoms with Crippen molar-refractivity contribution in [1.82, 2.24) is 0 Å². The molecule has 0 radical (unpaired) electrons. The number of nitrogens with zero attached hydrogens (tertiary/aromatic N) is 1. The molecule has 1 atom stereocenters. The smallest absolute Gasteiger partial charge is 0.335 e. The number of hydrogen-bond acceptors (Lipinski definition) is 4. The van der Waals surface area contributed by atoms with E-state index in [1.807, 2.05) is 0 Å². The van der Waals surface area contributed by atoms with Crippen molar-refractivity contribution in [2.24, 2.45) is 0 Å². The number of carboxylic acids is 1. The number of rotatable bonds is 4. The Hall–Kier alpha value is -2.57. The summed E-state index contributed by atoms with van der Waals surface area (Å²) in [4.78, 5) is 36.8. The van der Waals surface area contributed by atoms with Crippen molar-refractivity contribution in [1.29, 1.82) is 0 Å².